The van der Waals surface area contributed by atoms with Crippen molar-refractivity contribution in [3.8, 4) is 28.2 Å². The Balaban J connectivity index is 0.000000142. The van der Waals surface area contributed by atoms with Gasteiger partial charge in [-0.05, 0) is 139 Å². The maximum Gasteiger partial charge on any atom is 0.0541 e. The van der Waals surface area contributed by atoms with Gasteiger partial charge in [-0.15, -0.1) is 15.8 Å². The van der Waals surface area contributed by atoms with Gasteiger partial charge >= 0.3 is 0 Å². The first-order valence-electron chi connectivity index (χ1n) is 24.8. The molecule has 0 spiro atoms. The summed E-state index contributed by atoms with van der Waals surface area (Å²) in [6, 6.07) is 86.8. The van der Waals surface area contributed by atoms with Crippen LogP contribution < -0.4 is 5.30 Å². The predicted molar refractivity (Wildman–Crippen MR) is 315 cm³/mol. The largest absolute Gasteiger partial charge is 0.309 e. The lowest BCUT2D eigenvalue weighted by Crippen LogP contribution is -1.95. The molecule has 72 heavy (non-hydrogen) atoms. The molecular formula is C68H56N3P. The third kappa shape index (κ3) is 8.85. The molecule has 0 aliphatic carbocycles. The lowest BCUT2D eigenvalue weighted by molar-refractivity contribution is 1.06. The standard InChI is InChI=1S/C36H24N2.C25H23N.C7H9P/c1-5-19-33-29(15-1)30-16-2-6-20-34(30)37(33)27-13-9-11-25(23-27)26-12-10-14-28(24-26)38-35-21-7-3-17-31(35)32-18-4-8-22-36(32)38;1-3-4-6-11-19(2)20-16-17-25-23(18-20)22-14-9-10-15-24(22)26(25)21-12-7-5-8-13-21;1-6-4-2-3-5-7(6)8/h1-24H;3,5,7-18H,1,4,6H2,2H3;2-5H,8H2,1H3/b;19-11+;. The van der Waals surface area contributed by atoms with Gasteiger partial charge in [0.05, 0.1) is 33.1 Å². The third-order valence-electron chi connectivity index (χ3n) is 13.9. The number of aryl methyl sites for hydroxylation is 1. The van der Waals surface area contributed by atoms with Gasteiger partial charge in [0.1, 0.15) is 0 Å². The van der Waals surface area contributed by atoms with E-state index in [1.165, 1.54) is 116 Å². The van der Waals surface area contributed by atoms with Gasteiger partial charge in [0, 0.05) is 49.4 Å². The average molecular weight is 946 g/mol. The topological polar surface area (TPSA) is 14.8 Å². The molecule has 4 heteroatoms. The SMILES string of the molecule is C=CCC/C=C(\C)c1ccc2c(c1)c1ccccc1n2-c1ccccc1.Cc1ccccc1P.c1cc(-c2cccc(-n3c4ccccc4c4ccccc43)c2)cc(-n2c3ccccc3c3ccccc32)c1. The van der Waals surface area contributed by atoms with E-state index in [-0.39, 0.29) is 0 Å². The summed E-state index contributed by atoms with van der Waals surface area (Å²) < 4.78 is 7.11. The number of aromatic nitrogens is 3. The Kier molecular flexibility index (Phi) is 13.1. The summed E-state index contributed by atoms with van der Waals surface area (Å²) in [6.45, 7) is 8.10. The van der Waals surface area contributed by atoms with Gasteiger partial charge in [-0.3, -0.25) is 0 Å². The summed E-state index contributed by atoms with van der Waals surface area (Å²) in [4.78, 5) is 0. The number of fused-ring (bicyclic) bond motifs is 9. The van der Waals surface area contributed by atoms with E-state index in [0.717, 1.165) is 12.8 Å². The molecule has 0 radical (unpaired) electrons. The first-order valence-corrected chi connectivity index (χ1v) is 25.4. The molecule has 0 aliphatic heterocycles. The normalized spacial score (nSPS) is 11.5. The molecule has 13 rings (SSSR count). The van der Waals surface area contributed by atoms with Crippen molar-refractivity contribution in [2.24, 2.45) is 0 Å². The maximum absolute atomic E-state index is 3.80. The van der Waals surface area contributed by atoms with Crippen LogP contribution in [0.2, 0.25) is 0 Å². The second kappa shape index (κ2) is 20.5. The second-order valence-corrected chi connectivity index (χ2v) is 19.0. The lowest BCUT2D eigenvalue weighted by atomic mass is 10.0. The fourth-order valence-electron chi connectivity index (χ4n) is 10.2. The third-order valence-corrected chi connectivity index (χ3v) is 14.5. The number of allylic oxidation sites excluding steroid dienone is 3. The minimum absolute atomic E-state index is 1.02. The van der Waals surface area contributed by atoms with Gasteiger partial charge < -0.3 is 13.7 Å². The Bertz CT molecular complexity index is 3830. The van der Waals surface area contributed by atoms with Crippen LogP contribution in [0.15, 0.2) is 261 Å². The van der Waals surface area contributed by atoms with E-state index in [1.807, 2.05) is 18.2 Å². The minimum Gasteiger partial charge on any atom is -0.309 e. The highest BCUT2D eigenvalue weighted by molar-refractivity contribution is 7.27. The molecule has 0 fully saturated rings. The van der Waals surface area contributed by atoms with Gasteiger partial charge in [-0.1, -0.05) is 176 Å². The van der Waals surface area contributed by atoms with Crippen LogP contribution in [0.25, 0.3) is 99.2 Å². The van der Waals surface area contributed by atoms with Crippen LogP contribution in [-0.4, -0.2) is 13.7 Å². The number of para-hydroxylation sites is 6. The average Bonchev–Trinajstić information content (AvgIpc) is 4.08. The zero-order valence-corrected chi connectivity index (χ0v) is 41.9. The Morgan fingerprint density at radius 2 is 0.778 bits per heavy atom. The number of benzene rings is 10. The summed E-state index contributed by atoms with van der Waals surface area (Å²) in [5.41, 5.74) is 17.3. The molecule has 0 saturated carbocycles. The minimum atomic E-state index is 1.02. The number of unbranched alkanes of at least 4 members (excludes halogenated alkanes) is 1. The van der Waals surface area contributed by atoms with Crippen molar-refractivity contribution in [1.82, 2.24) is 13.7 Å². The Morgan fingerprint density at radius 3 is 1.22 bits per heavy atom. The van der Waals surface area contributed by atoms with Gasteiger partial charge in [0.2, 0.25) is 0 Å². The van der Waals surface area contributed by atoms with Crippen LogP contribution in [0.5, 0.6) is 0 Å². The van der Waals surface area contributed by atoms with Crippen LogP contribution in [0.4, 0.5) is 0 Å². The van der Waals surface area contributed by atoms with Crippen LogP contribution in [0, 0.1) is 6.92 Å². The van der Waals surface area contributed by atoms with E-state index in [9.17, 15) is 0 Å². The molecule has 3 aromatic heterocycles. The van der Waals surface area contributed by atoms with E-state index in [4.69, 9.17) is 0 Å². The molecular weight excluding hydrogens is 890 g/mol. The highest BCUT2D eigenvalue weighted by Gasteiger charge is 2.16. The van der Waals surface area contributed by atoms with Crippen LogP contribution in [-0.2, 0) is 0 Å². The number of rotatable bonds is 8. The zero-order chi connectivity index (χ0) is 49.0. The van der Waals surface area contributed by atoms with Crippen molar-refractivity contribution in [3.63, 3.8) is 0 Å². The highest BCUT2D eigenvalue weighted by atomic mass is 31.0. The molecule has 13 aromatic rings. The van der Waals surface area contributed by atoms with Crippen LogP contribution >= 0.6 is 9.24 Å². The summed E-state index contributed by atoms with van der Waals surface area (Å²) in [7, 11) is 2.69. The van der Waals surface area contributed by atoms with Crippen molar-refractivity contribution in [2.45, 2.75) is 26.7 Å². The molecule has 3 heterocycles. The molecule has 3 nitrogen and oxygen atoms in total. The van der Waals surface area contributed by atoms with Crippen molar-refractivity contribution >= 4 is 85.5 Å². The first kappa shape index (κ1) is 45.9. The molecule has 0 saturated heterocycles. The molecule has 348 valence electrons. The lowest BCUT2D eigenvalue weighted by Gasteiger charge is -2.12. The van der Waals surface area contributed by atoms with E-state index >= 15 is 0 Å². The molecule has 0 N–H and O–H groups in total. The van der Waals surface area contributed by atoms with Crippen LogP contribution in [0.1, 0.15) is 30.9 Å². The fourth-order valence-corrected chi connectivity index (χ4v) is 10.5. The second-order valence-electron chi connectivity index (χ2n) is 18.4. The van der Waals surface area contributed by atoms with Crippen molar-refractivity contribution in [2.75, 3.05) is 0 Å². The van der Waals surface area contributed by atoms with Gasteiger partial charge in [-0.2, -0.15) is 0 Å². The van der Waals surface area contributed by atoms with Crippen molar-refractivity contribution in [3.05, 3.63) is 273 Å². The highest BCUT2D eigenvalue weighted by Crippen LogP contribution is 2.37. The monoisotopic (exact) mass is 945 g/mol. The van der Waals surface area contributed by atoms with Gasteiger partial charge in [0.15, 0.2) is 0 Å². The quantitative estimate of drug-likeness (QED) is 0.0819. The van der Waals surface area contributed by atoms with E-state index in [2.05, 4.69) is 280 Å². The van der Waals surface area contributed by atoms with E-state index in [0.29, 0.717) is 0 Å². The van der Waals surface area contributed by atoms with Crippen molar-refractivity contribution < 1.29 is 0 Å². The smallest absolute Gasteiger partial charge is 0.0541 e. The van der Waals surface area contributed by atoms with Crippen molar-refractivity contribution in [1.29, 1.82) is 0 Å². The Hall–Kier alpha value is -8.49. The molecule has 0 bridgehead atoms. The molecule has 10 aromatic carbocycles. The maximum atomic E-state index is 3.80. The summed E-state index contributed by atoms with van der Waals surface area (Å²) in [6.07, 6.45) is 6.34. The molecule has 0 amide bonds. The summed E-state index contributed by atoms with van der Waals surface area (Å²) in [5.74, 6) is 0. The van der Waals surface area contributed by atoms with Crippen LogP contribution in [0.3, 0.4) is 0 Å². The van der Waals surface area contributed by atoms with E-state index in [1.54, 1.807) is 0 Å². The predicted octanol–water partition coefficient (Wildman–Crippen LogP) is 18.2. The van der Waals surface area contributed by atoms with E-state index < -0.39 is 0 Å². The molecule has 1 unspecified atom stereocenters. The number of hydrogen-bond donors (Lipinski definition) is 0. The van der Waals surface area contributed by atoms with Gasteiger partial charge in [0.25, 0.3) is 0 Å². The Labute approximate surface area is 424 Å². The summed E-state index contributed by atoms with van der Waals surface area (Å²) in [5, 5.41) is 9.01. The van der Waals surface area contributed by atoms with Gasteiger partial charge in [-0.25, -0.2) is 0 Å². The number of nitrogens with zero attached hydrogens (tertiary/aromatic N) is 3. The Morgan fingerprint density at radius 1 is 0.389 bits per heavy atom. The molecule has 0 aliphatic rings. The number of hydrogen-bond acceptors (Lipinski definition) is 0. The zero-order valence-electron chi connectivity index (χ0n) is 40.8. The summed E-state index contributed by atoms with van der Waals surface area (Å²) >= 11 is 0. The fraction of sp³-hybridized carbons (Fsp3) is 0.0588. The first-order chi connectivity index (χ1) is 35.5. The molecule has 1 atom stereocenters.